The molecule has 0 radical (unpaired) electrons. The minimum absolute atomic E-state index is 0.284. The van der Waals surface area contributed by atoms with E-state index in [0.29, 0.717) is 25.2 Å². The highest BCUT2D eigenvalue weighted by molar-refractivity contribution is 7.88. The number of sulfonamides is 1. The summed E-state index contributed by atoms with van der Waals surface area (Å²) in [6, 6.07) is 1.13. The summed E-state index contributed by atoms with van der Waals surface area (Å²) in [6.07, 6.45) is 2.37. The van der Waals surface area contributed by atoms with Gasteiger partial charge in [0.05, 0.1) is 6.26 Å². The van der Waals surface area contributed by atoms with Crippen molar-refractivity contribution < 1.29 is 13.2 Å². The molecule has 1 aromatic rings. The number of aromatic amines is 1. The Kier molecular flexibility index (Phi) is 4.14. The van der Waals surface area contributed by atoms with Gasteiger partial charge in [0.2, 0.25) is 15.9 Å². The number of H-pyrrole nitrogens is 1. The third-order valence-corrected chi connectivity index (χ3v) is 4.69. The van der Waals surface area contributed by atoms with E-state index < -0.39 is 16.1 Å². The molecule has 1 aliphatic heterocycles. The van der Waals surface area contributed by atoms with Crippen LogP contribution in [0.2, 0.25) is 0 Å². The molecule has 0 aliphatic carbocycles. The molecule has 7 nitrogen and oxygen atoms in total. The lowest BCUT2D eigenvalue weighted by atomic mass is 10.1. The van der Waals surface area contributed by atoms with E-state index in [1.165, 1.54) is 4.31 Å². The molecule has 0 aromatic carbocycles. The first-order chi connectivity index (χ1) is 9.29. The van der Waals surface area contributed by atoms with Crippen LogP contribution in [0.4, 0.5) is 5.82 Å². The van der Waals surface area contributed by atoms with Crippen LogP contribution in [0.5, 0.6) is 0 Å². The number of amides is 1. The number of carbonyl (C=O) groups excluding carboxylic acids is 1. The number of nitrogens with zero attached hydrogens (tertiary/aromatic N) is 2. The van der Waals surface area contributed by atoms with E-state index in [1.807, 2.05) is 13.8 Å². The van der Waals surface area contributed by atoms with Crippen molar-refractivity contribution in [1.29, 1.82) is 0 Å². The largest absolute Gasteiger partial charge is 0.308 e. The molecule has 1 atom stereocenters. The van der Waals surface area contributed by atoms with Gasteiger partial charge in [-0.05, 0) is 18.8 Å². The smallest absolute Gasteiger partial charge is 0.244 e. The van der Waals surface area contributed by atoms with Crippen molar-refractivity contribution >= 4 is 21.7 Å². The van der Waals surface area contributed by atoms with Gasteiger partial charge in [-0.15, -0.1) is 0 Å². The van der Waals surface area contributed by atoms with E-state index in [2.05, 4.69) is 15.5 Å². The van der Waals surface area contributed by atoms with Crippen molar-refractivity contribution in [3.05, 3.63) is 11.8 Å². The number of anilines is 1. The van der Waals surface area contributed by atoms with Gasteiger partial charge in [-0.1, -0.05) is 13.8 Å². The number of nitrogens with one attached hydrogen (secondary N) is 2. The lowest BCUT2D eigenvalue weighted by molar-refractivity contribution is -0.119. The van der Waals surface area contributed by atoms with E-state index in [1.54, 1.807) is 6.07 Å². The molecule has 0 saturated carbocycles. The van der Waals surface area contributed by atoms with Gasteiger partial charge in [-0.3, -0.25) is 9.89 Å². The third-order valence-electron chi connectivity index (χ3n) is 3.40. The number of hydrogen-bond acceptors (Lipinski definition) is 4. The molecule has 8 heteroatoms. The average Bonchev–Trinajstić information content (AvgIpc) is 2.95. The number of hydrogen-bond donors (Lipinski definition) is 2. The van der Waals surface area contributed by atoms with Crippen LogP contribution in [0.3, 0.4) is 0 Å². The fourth-order valence-electron chi connectivity index (χ4n) is 2.31. The molecule has 2 N–H and O–H groups in total. The fraction of sp³-hybridized carbons (Fsp3) is 0.667. The predicted octanol–water partition coefficient (Wildman–Crippen LogP) is 0.896. The van der Waals surface area contributed by atoms with Gasteiger partial charge in [0, 0.05) is 18.3 Å². The van der Waals surface area contributed by atoms with Crippen molar-refractivity contribution in [2.75, 3.05) is 18.1 Å². The molecule has 2 heterocycles. The SMILES string of the molecule is CC(C)c1cc(NC(=O)C2CCCN2S(C)(=O)=O)n[nH]1. The summed E-state index contributed by atoms with van der Waals surface area (Å²) >= 11 is 0. The highest BCUT2D eigenvalue weighted by Gasteiger charge is 2.36. The molecule has 0 bridgehead atoms. The van der Waals surface area contributed by atoms with Gasteiger partial charge in [-0.2, -0.15) is 9.40 Å². The first kappa shape index (κ1) is 15.0. The maximum absolute atomic E-state index is 12.2. The minimum atomic E-state index is -3.35. The highest BCUT2D eigenvalue weighted by atomic mass is 32.2. The molecule has 0 spiro atoms. The molecular weight excluding hydrogens is 280 g/mol. The van der Waals surface area contributed by atoms with E-state index in [0.717, 1.165) is 11.9 Å². The van der Waals surface area contributed by atoms with Crippen LogP contribution < -0.4 is 5.32 Å². The Balaban J connectivity index is 2.07. The third kappa shape index (κ3) is 3.18. The highest BCUT2D eigenvalue weighted by Crippen LogP contribution is 2.22. The Morgan fingerprint density at radius 2 is 2.25 bits per heavy atom. The zero-order valence-electron chi connectivity index (χ0n) is 11.9. The summed E-state index contributed by atoms with van der Waals surface area (Å²) in [5.74, 6) is 0.390. The normalized spacial score (nSPS) is 20.5. The molecule has 1 saturated heterocycles. The zero-order chi connectivity index (χ0) is 14.9. The second-order valence-corrected chi connectivity index (χ2v) is 7.32. The molecule has 112 valence electrons. The average molecular weight is 300 g/mol. The van der Waals surface area contributed by atoms with E-state index in [-0.39, 0.29) is 11.8 Å². The van der Waals surface area contributed by atoms with Gasteiger partial charge < -0.3 is 5.32 Å². The molecule has 2 rings (SSSR count). The maximum Gasteiger partial charge on any atom is 0.244 e. The summed E-state index contributed by atoms with van der Waals surface area (Å²) in [4.78, 5) is 12.2. The van der Waals surface area contributed by atoms with Crippen LogP contribution in [0, 0.1) is 0 Å². The Morgan fingerprint density at radius 3 is 2.80 bits per heavy atom. The number of aromatic nitrogens is 2. The topological polar surface area (TPSA) is 95.2 Å². The molecule has 1 unspecified atom stereocenters. The van der Waals surface area contributed by atoms with Gasteiger partial charge in [0.15, 0.2) is 5.82 Å². The monoisotopic (exact) mass is 300 g/mol. The molecule has 1 aromatic heterocycles. The number of carbonyl (C=O) groups is 1. The molecule has 1 fully saturated rings. The maximum atomic E-state index is 12.2. The van der Waals surface area contributed by atoms with E-state index in [4.69, 9.17) is 0 Å². The summed E-state index contributed by atoms with van der Waals surface area (Å²) in [5, 5.41) is 9.53. The second kappa shape index (κ2) is 5.53. The predicted molar refractivity (Wildman–Crippen MR) is 75.9 cm³/mol. The van der Waals surface area contributed by atoms with Crippen molar-refractivity contribution in [2.45, 2.75) is 38.6 Å². The Bertz CT molecular complexity index is 594. The molecule has 1 aliphatic rings. The van der Waals surface area contributed by atoms with Crippen molar-refractivity contribution in [3.8, 4) is 0 Å². The first-order valence-electron chi connectivity index (χ1n) is 6.62. The second-order valence-electron chi connectivity index (χ2n) is 5.38. The minimum Gasteiger partial charge on any atom is -0.308 e. The summed E-state index contributed by atoms with van der Waals surface area (Å²) < 4.78 is 24.5. The van der Waals surface area contributed by atoms with Crippen LogP contribution in [0.1, 0.15) is 38.3 Å². The molecule has 1 amide bonds. The number of rotatable bonds is 4. The standard InChI is InChI=1S/C12H20N4O3S/c1-8(2)9-7-11(15-14-9)13-12(17)10-5-4-6-16(10)20(3,18)19/h7-8,10H,4-6H2,1-3H3,(H2,13,14,15,17). The van der Waals surface area contributed by atoms with Gasteiger partial charge in [0.1, 0.15) is 6.04 Å². The van der Waals surface area contributed by atoms with Crippen molar-refractivity contribution in [1.82, 2.24) is 14.5 Å². The Morgan fingerprint density at radius 1 is 1.55 bits per heavy atom. The summed E-state index contributed by atoms with van der Waals surface area (Å²) in [7, 11) is -3.35. The van der Waals surface area contributed by atoms with Crippen LogP contribution in [0.25, 0.3) is 0 Å². The first-order valence-corrected chi connectivity index (χ1v) is 8.47. The van der Waals surface area contributed by atoms with Crippen molar-refractivity contribution in [2.24, 2.45) is 0 Å². The lowest BCUT2D eigenvalue weighted by Crippen LogP contribution is -2.42. The summed E-state index contributed by atoms with van der Waals surface area (Å²) in [6.45, 7) is 4.43. The van der Waals surface area contributed by atoms with E-state index in [9.17, 15) is 13.2 Å². The Labute approximate surface area is 118 Å². The van der Waals surface area contributed by atoms with Crippen LogP contribution >= 0.6 is 0 Å². The fourth-order valence-corrected chi connectivity index (χ4v) is 3.43. The molecular formula is C12H20N4O3S. The van der Waals surface area contributed by atoms with Crippen LogP contribution in [0.15, 0.2) is 6.07 Å². The van der Waals surface area contributed by atoms with Crippen molar-refractivity contribution in [3.63, 3.8) is 0 Å². The zero-order valence-corrected chi connectivity index (χ0v) is 12.7. The quantitative estimate of drug-likeness (QED) is 0.863. The lowest BCUT2D eigenvalue weighted by Gasteiger charge is -2.20. The molecule has 20 heavy (non-hydrogen) atoms. The van der Waals surface area contributed by atoms with Gasteiger partial charge >= 0.3 is 0 Å². The summed E-state index contributed by atoms with van der Waals surface area (Å²) in [5.41, 5.74) is 0.923. The van der Waals surface area contributed by atoms with Gasteiger partial charge in [0.25, 0.3) is 0 Å². The Hall–Kier alpha value is -1.41. The van der Waals surface area contributed by atoms with E-state index >= 15 is 0 Å². The van der Waals surface area contributed by atoms with Crippen LogP contribution in [-0.2, 0) is 14.8 Å². The van der Waals surface area contributed by atoms with Crippen LogP contribution in [-0.4, -0.2) is 47.7 Å². The van der Waals surface area contributed by atoms with Gasteiger partial charge in [-0.25, -0.2) is 8.42 Å².